The van der Waals surface area contributed by atoms with Crippen molar-refractivity contribution >= 4 is 15.9 Å². The molecule has 7 heteroatoms. The molecule has 1 amide bonds. The van der Waals surface area contributed by atoms with Crippen molar-refractivity contribution in [2.45, 2.75) is 13.3 Å². The van der Waals surface area contributed by atoms with E-state index < -0.39 is 10.0 Å². The Kier molecular flexibility index (Phi) is 4.39. The number of hydrogen-bond donors (Lipinski definition) is 0. The highest BCUT2D eigenvalue weighted by Crippen LogP contribution is 2.10. The van der Waals surface area contributed by atoms with Gasteiger partial charge in [-0.25, -0.2) is 17.7 Å². The molecule has 1 aliphatic rings. The lowest BCUT2D eigenvalue weighted by Crippen LogP contribution is -2.37. The lowest BCUT2D eigenvalue weighted by atomic mass is 10.2. The molecule has 0 unspecified atom stereocenters. The molecule has 0 bridgehead atoms. The minimum Gasteiger partial charge on any atom is -0.336 e. The summed E-state index contributed by atoms with van der Waals surface area (Å²) >= 11 is 0. The molecular weight excluding hydrogens is 278 g/mol. The Morgan fingerprint density at radius 3 is 2.60 bits per heavy atom. The maximum absolute atomic E-state index is 12.4. The van der Waals surface area contributed by atoms with Crippen molar-refractivity contribution < 1.29 is 13.2 Å². The number of hydrogen-bond acceptors (Lipinski definition) is 4. The molecule has 1 aromatic rings. The van der Waals surface area contributed by atoms with E-state index in [1.807, 2.05) is 13.0 Å². The van der Waals surface area contributed by atoms with Crippen molar-refractivity contribution in [2.75, 3.05) is 32.4 Å². The first-order valence-electron chi connectivity index (χ1n) is 6.56. The van der Waals surface area contributed by atoms with E-state index in [0.29, 0.717) is 38.3 Å². The van der Waals surface area contributed by atoms with E-state index in [0.717, 1.165) is 5.69 Å². The number of amides is 1. The molecule has 0 aliphatic carbocycles. The van der Waals surface area contributed by atoms with Crippen LogP contribution < -0.4 is 0 Å². The fraction of sp³-hybridized carbons (Fsp3) is 0.538. The van der Waals surface area contributed by atoms with E-state index in [9.17, 15) is 13.2 Å². The predicted molar refractivity (Wildman–Crippen MR) is 75.9 cm³/mol. The fourth-order valence-corrected chi connectivity index (χ4v) is 3.13. The van der Waals surface area contributed by atoms with E-state index in [4.69, 9.17) is 0 Å². The molecule has 0 spiro atoms. The molecule has 0 saturated carbocycles. The van der Waals surface area contributed by atoms with E-state index >= 15 is 0 Å². The van der Waals surface area contributed by atoms with E-state index in [2.05, 4.69) is 4.98 Å². The SMILES string of the molecule is Cc1cccc(C(=O)N2CCCN(S(C)(=O)=O)CC2)n1. The van der Waals surface area contributed by atoms with Crippen molar-refractivity contribution in [1.82, 2.24) is 14.2 Å². The van der Waals surface area contributed by atoms with Gasteiger partial charge in [0.2, 0.25) is 10.0 Å². The number of nitrogens with zero attached hydrogens (tertiary/aromatic N) is 3. The molecule has 1 fully saturated rings. The molecule has 1 aliphatic heterocycles. The molecule has 1 saturated heterocycles. The van der Waals surface area contributed by atoms with Crippen LogP contribution in [0.15, 0.2) is 18.2 Å². The van der Waals surface area contributed by atoms with Crippen LogP contribution in [0, 0.1) is 6.92 Å². The average Bonchev–Trinajstić information content (AvgIpc) is 2.63. The van der Waals surface area contributed by atoms with Crippen molar-refractivity contribution in [3.63, 3.8) is 0 Å². The van der Waals surface area contributed by atoms with Crippen LogP contribution in [0.25, 0.3) is 0 Å². The topological polar surface area (TPSA) is 70.6 Å². The molecule has 2 rings (SSSR count). The van der Waals surface area contributed by atoms with Gasteiger partial charge in [0.25, 0.3) is 5.91 Å². The molecule has 1 aromatic heterocycles. The van der Waals surface area contributed by atoms with Gasteiger partial charge >= 0.3 is 0 Å². The fourth-order valence-electron chi connectivity index (χ4n) is 2.25. The predicted octanol–water partition coefficient (Wildman–Crippen LogP) is 0.498. The summed E-state index contributed by atoms with van der Waals surface area (Å²) in [5.41, 5.74) is 1.21. The van der Waals surface area contributed by atoms with Gasteiger partial charge in [0, 0.05) is 31.9 Å². The molecule has 2 heterocycles. The van der Waals surface area contributed by atoms with Gasteiger partial charge in [-0.2, -0.15) is 0 Å². The van der Waals surface area contributed by atoms with Gasteiger partial charge in [-0.1, -0.05) is 6.07 Å². The molecule has 0 N–H and O–H groups in total. The van der Waals surface area contributed by atoms with Gasteiger partial charge in [-0.05, 0) is 25.5 Å². The minimum absolute atomic E-state index is 0.135. The number of aromatic nitrogens is 1. The smallest absolute Gasteiger partial charge is 0.272 e. The zero-order valence-electron chi connectivity index (χ0n) is 11.7. The largest absolute Gasteiger partial charge is 0.336 e. The summed E-state index contributed by atoms with van der Waals surface area (Å²) in [7, 11) is -3.19. The highest BCUT2D eigenvalue weighted by molar-refractivity contribution is 7.88. The Hall–Kier alpha value is -1.47. The van der Waals surface area contributed by atoms with Crippen LogP contribution in [0.5, 0.6) is 0 Å². The Labute approximate surface area is 119 Å². The number of carbonyl (C=O) groups excluding carboxylic acids is 1. The Morgan fingerprint density at radius 2 is 1.95 bits per heavy atom. The second-order valence-corrected chi connectivity index (χ2v) is 6.95. The average molecular weight is 297 g/mol. The molecule has 0 aromatic carbocycles. The zero-order valence-corrected chi connectivity index (χ0v) is 12.6. The van der Waals surface area contributed by atoms with Crippen LogP contribution in [0.3, 0.4) is 0 Å². The van der Waals surface area contributed by atoms with Gasteiger partial charge < -0.3 is 4.90 Å². The number of aryl methyl sites for hydroxylation is 1. The number of sulfonamides is 1. The van der Waals surface area contributed by atoms with Crippen molar-refractivity contribution in [1.29, 1.82) is 0 Å². The number of carbonyl (C=O) groups is 1. The lowest BCUT2D eigenvalue weighted by Gasteiger charge is -2.20. The van der Waals surface area contributed by atoms with E-state index in [1.54, 1.807) is 17.0 Å². The Morgan fingerprint density at radius 1 is 1.20 bits per heavy atom. The summed E-state index contributed by atoms with van der Waals surface area (Å²) in [6.07, 6.45) is 1.84. The van der Waals surface area contributed by atoms with Gasteiger partial charge in [0.1, 0.15) is 5.69 Å². The quantitative estimate of drug-likeness (QED) is 0.797. The van der Waals surface area contributed by atoms with Crippen LogP contribution in [-0.2, 0) is 10.0 Å². The van der Waals surface area contributed by atoms with Gasteiger partial charge in [0.15, 0.2) is 0 Å². The first kappa shape index (κ1) is 14.9. The summed E-state index contributed by atoms with van der Waals surface area (Å²) in [6, 6.07) is 5.33. The van der Waals surface area contributed by atoms with Crippen LogP contribution >= 0.6 is 0 Å². The Bertz CT molecular complexity index is 601. The number of rotatable bonds is 2. The van der Waals surface area contributed by atoms with Crippen LogP contribution in [0.2, 0.25) is 0 Å². The number of pyridine rings is 1. The second-order valence-electron chi connectivity index (χ2n) is 4.97. The third-order valence-electron chi connectivity index (χ3n) is 3.32. The van der Waals surface area contributed by atoms with Gasteiger partial charge in [-0.15, -0.1) is 0 Å². The summed E-state index contributed by atoms with van der Waals surface area (Å²) in [5.74, 6) is -0.135. The van der Waals surface area contributed by atoms with Crippen molar-refractivity contribution in [2.24, 2.45) is 0 Å². The minimum atomic E-state index is -3.19. The monoisotopic (exact) mass is 297 g/mol. The van der Waals surface area contributed by atoms with Crippen LogP contribution in [0.4, 0.5) is 0 Å². The third-order valence-corrected chi connectivity index (χ3v) is 4.62. The standard InChI is InChI=1S/C13H19N3O3S/c1-11-5-3-6-12(14-11)13(17)15-7-4-8-16(10-9-15)20(2,18)19/h3,5-6H,4,7-10H2,1-2H3. The van der Waals surface area contributed by atoms with Crippen molar-refractivity contribution in [3.05, 3.63) is 29.6 Å². The maximum atomic E-state index is 12.4. The van der Waals surface area contributed by atoms with Crippen molar-refractivity contribution in [3.8, 4) is 0 Å². The highest BCUT2D eigenvalue weighted by Gasteiger charge is 2.24. The summed E-state index contributed by atoms with van der Waals surface area (Å²) < 4.78 is 24.5. The lowest BCUT2D eigenvalue weighted by molar-refractivity contribution is 0.0758. The molecule has 6 nitrogen and oxygen atoms in total. The summed E-state index contributed by atoms with van der Waals surface area (Å²) in [5, 5.41) is 0. The van der Waals surface area contributed by atoms with E-state index in [1.165, 1.54) is 10.6 Å². The molecule has 20 heavy (non-hydrogen) atoms. The normalized spacial score (nSPS) is 17.8. The van der Waals surface area contributed by atoms with Gasteiger partial charge in [-0.3, -0.25) is 4.79 Å². The summed E-state index contributed by atoms with van der Waals surface area (Å²) in [4.78, 5) is 18.3. The van der Waals surface area contributed by atoms with Crippen LogP contribution in [-0.4, -0.2) is 60.9 Å². The summed E-state index contributed by atoms with van der Waals surface area (Å²) in [6.45, 7) is 3.60. The molecular formula is C13H19N3O3S. The molecule has 110 valence electrons. The molecule has 0 radical (unpaired) electrons. The van der Waals surface area contributed by atoms with Crippen LogP contribution in [0.1, 0.15) is 22.6 Å². The third kappa shape index (κ3) is 3.55. The second kappa shape index (κ2) is 5.88. The zero-order chi connectivity index (χ0) is 14.8. The maximum Gasteiger partial charge on any atom is 0.272 e. The first-order chi connectivity index (χ1) is 9.38. The highest BCUT2D eigenvalue weighted by atomic mass is 32.2. The molecule has 0 atom stereocenters. The van der Waals surface area contributed by atoms with E-state index in [-0.39, 0.29) is 5.91 Å². The first-order valence-corrected chi connectivity index (χ1v) is 8.41. The van der Waals surface area contributed by atoms with Gasteiger partial charge in [0.05, 0.1) is 6.26 Å². The Balaban J connectivity index is 2.09.